The van der Waals surface area contributed by atoms with Crippen LogP contribution in [0.1, 0.15) is 11.3 Å². The number of hydrogen-bond donors (Lipinski definition) is 1. The highest BCUT2D eigenvalue weighted by Crippen LogP contribution is 2.15. The van der Waals surface area contributed by atoms with Crippen LogP contribution in [0.4, 0.5) is 5.82 Å². The molecule has 24 heavy (non-hydrogen) atoms. The Bertz CT molecular complexity index is 988. The summed E-state index contributed by atoms with van der Waals surface area (Å²) in [5.41, 5.74) is 8.97. The van der Waals surface area contributed by atoms with Crippen LogP contribution >= 0.6 is 11.6 Å². The molecule has 0 amide bonds. The normalized spacial score (nSPS) is 11.2. The van der Waals surface area contributed by atoms with Gasteiger partial charge in [0.2, 0.25) is 0 Å². The molecule has 8 nitrogen and oxygen atoms in total. The van der Waals surface area contributed by atoms with Gasteiger partial charge in [-0.1, -0.05) is 28.9 Å². The summed E-state index contributed by atoms with van der Waals surface area (Å²) in [5.74, 6) is 0.366. The summed E-state index contributed by atoms with van der Waals surface area (Å²) in [4.78, 5) is 12.4. The second-order valence-corrected chi connectivity index (χ2v) is 5.77. The molecule has 1 aromatic carbocycles. The highest BCUT2D eigenvalue weighted by atomic mass is 35.5. The van der Waals surface area contributed by atoms with Gasteiger partial charge in [0.05, 0.1) is 25.6 Å². The Morgan fingerprint density at radius 3 is 2.71 bits per heavy atom. The monoisotopic (exact) mass is 340 g/mol. The maximum Gasteiger partial charge on any atom is 0.165 e. The molecular formula is C15H13ClN8. The Morgan fingerprint density at radius 2 is 1.88 bits per heavy atom. The number of nitrogens with zero attached hydrogens (tertiary/aromatic N) is 7. The zero-order valence-corrected chi connectivity index (χ0v) is 13.3. The van der Waals surface area contributed by atoms with Gasteiger partial charge in [-0.2, -0.15) is 0 Å². The molecule has 0 aliphatic rings. The molecule has 0 bridgehead atoms. The zero-order valence-electron chi connectivity index (χ0n) is 12.5. The molecule has 0 atom stereocenters. The molecule has 120 valence electrons. The number of nitrogens with two attached hydrogens (primary N) is 1. The topological polar surface area (TPSA) is 100 Å². The maximum absolute atomic E-state index is 5.89. The molecule has 0 aliphatic carbocycles. The fourth-order valence-electron chi connectivity index (χ4n) is 2.45. The van der Waals surface area contributed by atoms with Crippen molar-refractivity contribution < 1.29 is 0 Å². The van der Waals surface area contributed by atoms with Crippen molar-refractivity contribution in [1.29, 1.82) is 0 Å². The number of rotatable bonds is 4. The Kier molecular flexibility index (Phi) is 3.58. The van der Waals surface area contributed by atoms with Gasteiger partial charge < -0.3 is 10.3 Å². The third-order valence-electron chi connectivity index (χ3n) is 3.61. The Balaban J connectivity index is 1.54. The molecule has 4 aromatic rings. The Labute approximate surface area is 141 Å². The van der Waals surface area contributed by atoms with Gasteiger partial charge in [-0.15, -0.1) is 5.10 Å². The first-order valence-corrected chi connectivity index (χ1v) is 7.61. The fourth-order valence-corrected chi connectivity index (χ4v) is 2.58. The quantitative estimate of drug-likeness (QED) is 0.607. The highest BCUT2D eigenvalue weighted by molar-refractivity contribution is 6.30. The maximum atomic E-state index is 5.89. The van der Waals surface area contributed by atoms with Crippen LogP contribution < -0.4 is 5.73 Å². The van der Waals surface area contributed by atoms with E-state index in [0.717, 1.165) is 11.3 Å². The molecular weight excluding hydrogens is 328 g/mol. The minimum Gasteiger partial charge on any atom is -0.382 e. The van der Waals surface area contributed by atoms with Crippen LogP contribution in [-0.2, 0) is 13.1 Å². The van der Waals surface area contributed by atoms with Gasteiger partial charge >= 0.3 is 0 Å². The van der Waals surface area contributed by atoms with E-state index in [0.29, 0.717) is 35.1 Å². The van der Waals surface area contributed by atoms with Gasteiger partial charge in [-0.25, -0.2) is 19.6 Å². The number of imidazole rings is 1. The van der Waals surface area contributed by atoms with Gasteiger partial charge in [0, 0.05) is 5.02 Å². The van der Waals surface area contributed by atoms with Crippen LogP contribution in [0, 0.1) is 0 Å². The van der Waals surface area contributed by atoms with Crippen LogP contribution in [-0.4, -0.2) is 34.5 Å². The summed E-state index contributed by atoms with van der Waals surface area (Å²) < 4.78 is 3.64. The molecule has 2 N–H and O–H groups in total. The van der Waals surface area contributed by atoms with E-state index >= 15 is 0 Å². The number of aromatic nitrogens is 7. The molecule has 0 unspecified atom stereocenters. The molecule has 0 radical (unpaired) electrons. The number of halogens is 1. The summed E-state index contributed by atoms with van der Waals surface area (Å²) in [6, 6.07) is 7.65. The lowest BCUT2D eigenvalue weighted by Gasteiger charge is -2.01. The first kappa shape index (κ1) is 14.6. The number of fused-ring (bicyclic) bond motifs is 1. The molecule has 0 saturated heterocycles. The summed E-state index contributed by atoms with van der Waals surface area (Å²) in [5, 5.41) is 9.07. The lowest BCUT2D eigenvalue weighted by molar-refractivity contribution is 0.649. The lowest BCUT2D eigenvalue weighted by atomic mass is 10.2. The molecule has 3 aromatic heterocycles. The van der Waals surface area contributed by atoms with Gasteiger partial charge in [0.15, 0.2) is 11.5 Å². The average molecular weight is 341 g/mol. The van der Waals surface area contributed by atoms with Crippen molar-refractivity contribution >= 4 is 28.6 Å². The van der Waals surface area contributed by atoms with Crippen molar-refractivity contribution in [3.63, 3.8) is 0 Å². The van der Waals surface area contributed by atoms with Crippen molar-refractivity contribution in [3.8, 4) is 0 Å². The standard InChI is InChI=1S/C15H13ClN8/c16-11-3-1-10(2-4-11)5-24-7-12(21-22-24)6-23-9-20-13-14(17)18-8-19-15(13)23/h1-4,7-9H,5-6H2,(H2,17,18,19). The van der Waals surface area contributed by atoms with Crippen molar-refractivity contribution in [2.24, 2.45) is 0 Å². The first-order valence-electron chi connectivity index (χ1n) is 7.24. The van der Waals surface area contributed by atoms with Crippen LogP contribution in [0.15, 0.2) is 43.1 Å². The molecule has 0 saturated carbocycles. The van der Waals surface area contributed by atoms with Crippen molar-refractivity contribution in [1.82, 2.24) is 34.5 Å². The summed E-state index contributed by atoms with van der Waals surface area (Å²) in [7, 11) is 0. The molecule has 0 aliphatic heterocycles. The van der Waals surface area contributed by atoms with Crippen LogP contribution in [0.25, 0.3) is 11.2 Å². The third-order valence-corrected chi connectivity index (χ3v) is 3.86. The van der Waals surface area contributed by atoms with Gasteiger partial charge in [-0.05, 0) is 17.7 Å². The van der Waals surface area contributed by atoms with E-state index in [9.17, 15) is 0 Å². The van der Waals surface area contributed by atoms with E-state index in [1.807, 2.05) is 35.0 Å². The molecule has 9 heteroatoms. The molecule has 0 fully saturated rings. The van der Waals surface area contributed by atoms with Gasteiger partial charge in [0.1, 0.15) is 17.5 Å². The fraction of sp³-hybridized carbons (Fsp3) is 0.133. The summed E-state index contributed by atoms with van der Waals surface area (Å²) in [6.45, 7) is 1.14. The predicted molar refractivity (Wildman–Crippen MR) is 89.4 cm³/mol. The van der Waals surface area contributed by atoms with Crippen LogP contribution in [0.5, 0.6) is 0 Å². The smallest absolute Gasteiger partial charge is 0.165 e. The van der Waals surface area contributed by atoms with E-state index in [4.69, 9.17) is 17.3 Å². The van der Waals surface area contributed by atoms with Crippen LogP contribution in [0.2, 0.25) is 5.02 Å². The first-order chi connectivity index (χ1) is 11.7. The number of benzene rings is 1. The largest absolute Gasteiger partial charge is 0.382 e. The third kappa shape index (κ3) is 2.79. The minimum absolute atomic E-state index is 0.366. The Morgan fingerprint density at radius 1 is 1.04 bits per heavy atom. The van der Waals surface area contributed by atoms with E-state index in [1.165, 1.54) is 6.33 Å². The second-order valence-electron chi connectivity index (χ2n) is 5.34. The van der Waals surface area contributed by atoms with E-state index in [2.05, 4.69) is 25.3 Å². The number of nitrogen functional groups attached to an aromatic ring is 1. The van der Waals surface area contributed by atoms with Crippen molar-refractivity contribution in [3.05, 3.63) is 59.4 Å². The van der Waals surface area contributed by atoms with Gasteiger partial charge in [0.25, 0.3) is 0 Å². The van der Waals surface area contributed by atoms with Gasteiger partial charge in [-0.3, -0.25) is 0 Å². The van der Waals surface area contributed by atoms with Crippen molar-refractivity contribution in [2.75, 3.05) is 5.73 Å². The predicted octanol–water partition coefficient (Wildman–Crippen LogP) is 1.75. The number of anilines is 1. The molecule has 3 heterocycles. The number of hydrogen-bond acceptors (Lipinski definition) is 6. The lowest BCUT2D eigenvalue weighted by Crippen LogP contribution is -2.01. The van der Waals surface area contributed by atoms with E-state index in [1.54, 1.807) is 11.0 Å². The van der Waals surface area contributed by atoms with Crippen LogP contribution in [0.3, 0.4) is 0 Å². The van der Waals surface area contributed by atoms with Crippen molar-refractivity contribution in [2.45, 2.75) is 13.1 Å². The minimum atomic E-state index is 0.366. The average Bonchev–Trinajstić information content (AvgIpc) is 3.19. The van der Waals surface area contributed by atoms with E-state index in [-0.39, 0.29) is 0 Å². The highest BCUT2D eigenvalue weighted by Gasteiger charge is 2.10. The second kappa shape index (κ2) is 5.89. The summed E-state index contributed by atoms with van der Waals surface area (Å²) >= 11 is 5.89. The van der Waals surface area contributed by atoms with E-state index < -0.39 is 0 Å². The SMILES string of the molecule is Nc1ncnc2c1ncn2Cc1cn(Cc2ccc(Cl)cc2)nn1. The Hall–Kier alpha value is -3.00. The molecule has 0 spiro atoms. The summed E-state index contributed by atoms with van der Waals surface area (Å²) in [6.07, 6.45) is 4.99. The zero-order chi connectivity index (χ0) is 16.5. The molecule has 4 rings (SSSR count).